The zero-order chi connectivity index (χ0) is 20.0. The van der Waals surface area contributed by atoms with Crippen LogP contribution in [0.5, 0.6) is 17.2 Å². The van der Waals surface area contributed by atoms with Crippen molar-refractivity contribution in [2.45, 2.75) is 12.8 Å². The number of nitrogens with two attached hydrogens (primary N) is 2. The van der Waals surface area contributed by atoms with Crippen LogP contribution in [0.2, 0.25) is 0 Å². The van der Waals surface area contributed by atoms with Gasteiger partial charge in [0.2, 0.25) is 5.95 Å². The van der Waals surface area contributed by atoms with E-state index in [9.17, 15) is 0 Å². The van der Waals surface area contributed by atoms with Crippen LogP contribution in [0.1, 0.15) is 18.4 Å². The molecule has 0 saturated carbocycles. The summed E-state index contributed by atoms with van der Waals surface area (Å²) in [5, 5.41) is 0.684. The van der Waals surface area contributed by atoms with Crippen molar-refractivity contribution >= 4 is 22.7 Å². The van der Waals surface area contributed by atoms with Crippen LogP contribution < -0.4 is 20.9 Å². The zero-order valence-electron chi connectivity index (χ0n) is 15.9. The van der Waals surface area contributed by atoms with Gasteiger partial charge in [0.1, 0.15) is 23.1 Å². The van der Waals surface area contributed by atoms with E-state index in [0.29, 0.717) is 34.8 Å². The highest BCUT2D eigenvalue weighted by molar-refractivity contribution is 5.97. The van der Waals surface area contributed by atoms with Crippen molar-refractivity contribution in [1.29, 1.82) is 0 Å². The maximum absolute atomic E-state index is 6.32. The topological polar surface area (TPSA) is 96.3 Å². The van der Waals surface area contributed by atoms with Crippen molar-refractivity contribution < 1.29 is 9.47 Å². The van der Waals surface area contributed by atoms with E-state index in [4.69, 9.17) is 20.9 Å². The third kappa shape index (κ3) is 2.99. The van der Waals surface area contributed by atoms with Crippen molar-refractivity contribution in [3.8, 4) is 28.4 Å². The Hall–Kier alpha value is -3.80. The second-order valence-electron chi connectivity index (χ2n) is 7.19. The molecule has 6 nitrogen and oxygen atoms in total. The van der Waals surface area contributed by atoms with Gasteiger partial charge in [0.15, 0.2) is 0 Å². The third-order valence-electron chi connectivity index (χ3n) is 5.13. The van der Waals surface area contributed by atoms with E-state index in [1.165, 1.54) is 0 Å². The highest BCUT2D eigenvalue weighted by atomic mass is 16.5. The molecule has 1 aromatic heterocycles. The summed E-state index contributed by atoms with van der Waals surface area (Å²) in [7, 11) is 0. The molecule has 0 spiro atoms. The van der Waals surface area contributed by atoms with E-state index in [0.717, 1.165) is 22.4 Å². The highest BCUT2D eigenvalue weighted by Gasteiger charge is 2.29. The van der Waals surface area contributed by atoms with Crippen molar-refractivity contribution in [3.05, 3.63) is 66.2 Å². The molecule has 0 aliphatic carbocycles. The van der Waals surface area contributed by atoms with Gasteiger partial charge in [-0.15, -0.1) is 0 Å². The summed E-state index contributed by atoms with van der Waals surface area (Å²) in [6.45, 7) is 2.65. The number of nitrogens with zero attached hydrogens (tertiary/aromatic N) is 2. The van der Waals surface area contributed by atoms with Gasteiger partial charge in [-0.1, -0.05) is 49.4 Å². The Labute approximate surface area is 168 Å². The van der Waals surface area contributed by atoms with Gasteiger partial charge in [-0.2, -0.15) is 4.98 Å². The number of hydrogen-bond acceptors (Lipinski definition) is 6. The lowest BCUT2D eigenvalue weighted by Gasteiger charge is -2.15. The first-order valence-electron chi connectivity index (χ1n) is 9.46. The summed E-state index contributed by atoms with van der Waals surface area (Å²) in [5.74, 6) is 2.72. The molecule has 0 fully saturated rings. The molecule has 29 heavy (non-hydrogen) atoms. The van der Waals surface area contributed by atoms with E-state index >= 15 is 0 Å². The minimum Gasteiger partial charge on any atom is -0.492 e. The average molecular weight is 384 g/mol. The molecule has 4 aromatic rings. The molecule has 5 rings (SSSR count). The van der Waals surface area contributed by atoms with E-state index in [1.54, 1.807) is 0 Å². The molecular weight excluding hydrogens is 364 g/mol. The summed E-state index contributed by atoms with van der Waals surface area (Å²) in [4.78, 5) is 8.42. The molecule has 0 saturated heterocycles. The fourth-order valence-electron chi connectivity index (χ4n) is 3.79. The maximum Gasteiger partial charge on any atom is 0.222 e. The number of aromatic nitrogens is 2. The van der Waals surface area contributed by atoms with Crippen LogP contribution in [0.25, 0.3) is 22.0 Å². The quantitative estimate of drug-likeness (QED) is 0.529. The summed E-state index contributed by atoms with van der Waals surface area (Å²) in [6, 6.07) is 20.1. The molecule has 0 radical (unpaired) electrons. The number of anilines is 2. The molecule has 1 aliphatic heterocycles. The van der Waals surface area contributed by atoms with E-state index < -0.39 is 0 Å². The minimum absolute atomic E-state index is 0.123. The molecule has 0 bridgehead atoms. The number of nitrogen functional groups attached to an aromatic ring is 2. The standard InChI is InChI=1S/C23H20N4O2/c1-13-12-28-21-19(13)18(11-17-20(21)22(24)27-23(25)26-17)29-16-9-5-8-15(10-16)14-6-3-2-4-7-14/h2-11,13H,12H2,1H3,(H4,24,25,26,27). The smallest absolute Gasteiger partial charge is 0.222 e. The van der Waals surface area contributed by atoms with Crippen molar-refractivity contribution in [2.24, 2.45) is 0 Å². The van der Waals surface area contributed by atoms with Crippen LogP contribution in [-0.4, -0.2) is 16.6 Å². The largest absolute Gasteiger partial charge is 0.492 e. The number of rotatable bonds is 3. The Kier molecular flexibility index (Phi) is 3.98. The van der Waals surface area contributed by atoms with E-state index in [-0.39, 0.29) is 11.9 Å². The third-order valence-corrected chi connectivity index (χ3v) is 5.13. The molecule has 1 aliphatic rings. The van der Waals surface area contributed by atoms with Crippen LogP contribution in [0.3, 0.4) is 0 Å². The monoisotopic (exact) mass is 384 g/mol. The summed E-state index contributed by atoms with van der Waals surface area (Å²) < 4.78 is 12.3. The first kappa shape index (κ1) is 17.3. The summed E-state index contributed by atoms with van der Waals surface area (Å²) in [6.07, 6.45) is 0. The van der Waals surface area contributed by atoms with Crippen LogP contribution in [-0.2, 0) is 0 Å². The van der Waals surface area contributed by atoms with Crippen LogP contribution in [0.4, 0.5) is 11.8 Å². The lowest BCUT2D eigenvalue weighted by molar-refractivity contribution is 0.340. The predicted molar refractivity (Wildman–Crippen MR) is 114 cm³/mol. The Balaban J connectivity index is 1.62. The van der Waals surface area contributed by atoms with Gasteiger partial charge in [-0.25, -0.2) is 4.98 Å². The minimum atomic E-state index is 0.123. The molecule has 3 aromatic carbocycles. The maximum atomic E-state index is 6.32. The molecule has 1 unspecified atom stereocenters. The molecule has 4 N–H and O–H groups in total. The number of ether oxygens (including phenoxy) is 2. The Morgan fingerprint density at radius 2 is 1.76 bits per heavy atom. The number of hydrogen-bond donors (Lipinski definition) is 2. The lowest BCUT2D eigenvalue weighted by Crippen LogP contribution is -2.02. The molecule has 6 heteroatoms. The predicted octanol–water partition coefficient (Wildman–Crippen LogP) is 4.75. The van der Waals surface area contributed by atoms with Gasteiger partial charge in [-0.3, -0.25) is 0 Å². The Bertz CT molecular complexity index is 1220. The molecule has 144 valence electrons. The van der Waals surface area contributed by atoms with E-state index in [2.05, 4.69) is 35.1 Å². The van der Waals surface area contributed by atoms with Gasteiger partial charge in [0.25, 0.3) is 0 Å². The van der Waals surface area contributed by atoms with Crippen molar-refractivity contribution in [3.63, 3.8) is 0 Å². The molecule has 1 atom stereocenters. The SMILES string of the molecule is CC1COc2c1c(Oc1cccc(-c3ccccc3)c1)cc1nc(N)nc(N)c21. The van der Waals surface area contributed by atoms with Crippen LogP contribution in [0.15, 0.2) is 60.7 Å². The van der Waals surface area contributed by atoms with Crippen LogP contribution in [0, 0.1) is 0 Å². The van der Waals surface area contributed by atoms with Gasteiger partial charge in [0, 0.05) is 17.5 Å². The molecule has 2 heterocycles. The number of fused-ring (bicyclic) bond motifs is 3. The number of benzene rings is 3. The fourth-order valence-corrected chi connectivity index (χ4v) is 3.79. The van der Waals surface area contributed by atoms with Crippen LogP contribution >= 0.6 is 0 Å². The second-order valence-corrected chi connectivity index (χ2v) is 7.19. The first-order valence-corrected chi connectivity index (χ1v) is 9.46. The molecule has 0 amide bonds. The fraction of sp³-hybridized carbons (Fsp3) is 0.130. The average Bonchev–Trinajstić information content (AvgIpc) is 3.10. The highest BCUT2D eigenvalue weighted by Crippen LogP contribution is 2.48. The molecular formula is C23H20N4O2. The normalized spacial score (nSPS) is 15.1. The first-order chi connectivity index (χ1) is 14.1. The van der Waals surface area contributed by atoms with Crippen molar-refractivity contribution in [1.82, 2.24) is 9.97 Å². The van der Waals surface area contributed by atoms with Gasteiger partial charge >= 0.3 is 0 Å². The lowest BCUT2D eigenvalue weighted by atomic mass is 9.99. The Morgan fingerprint density at radius 3 is 2.59 bits per heavy atom. The summed E-state index contributed by atoms with van der Waals surface area (Å²) in [5.41, 5.74) is 15.7. The van der Waals surface area contributed by atoms with Gasteiger partial charge in [0.05, 0.1) is 17.5 Å². The van der Waals surface area contributed by atoms with E-state index in [1.807, 2.05) is 42.5 Å². The summed E-state index contributed by atoms with van der Waals surface area (Å²) >= 11 is 0. The van der Waals surface area contributed by atoms with Gasteiger partial charge in [-0.05, 0) is 23.3 Å². The Morgan fingerprint density at radius 1 is 0.966 bits per heavy atom. The zero-order valence-corrected chi connectivity index (χ0v) is 15.9. The second kappa shape index (κ2) is 6.67. The van der Waals surface area contributed by atoms with Gasteiger partial charge < -0.3 is 20.9 Å². The van der Waals surface area contributed by atoms with Crippen molar-refractivity contribution in [2.75, 3.05) is 18.1 Å².